The smallest absolute Gasteiger partial charge is 0.243 e. The van der Waals surface area contributed by atoms with Gasteiger partial charge in [-0.15, -0.1) is 0 Å². The van der Waals surface area contributed by atoms with Crippen molar-refractivity contribution in [2.24, 2.45) is 0 Å². The number of nitrogens with one attached hydrogen (secondary N) is 1. The number of rotatable bonds is 10. The summed E-state index contributed by atoms with van der Waals surface area (Å²) in [4.78, 5) is 13.3. The van der Waals surface area contributed by atoms with Gasteiger partial charge >= 0.3 is 0 Å². The molecule has 1 amide bonds. The number of aromatic nitrogens is 1. The molecule has 1 saturated heterocycles. The first kappa shape index (κ1) is 25.3. The summed E-state index contributed by atoms with van der Waals surface area (Å²) in [5, 5.41) is 3.88. The van der Waals surface area contributed by atoms with Crippen molar-refractivity contribution >= 4 is 26.8 Å². The van der Waals surface area contributed by atoms with Gasteiger partial charge in [0.1, 0.15) is 11.8 Å². The maximum absolute atomic E-state index is 13.1. The predicted octanol–water partition coefficient (Wildman–Crippen LogP) is 4.52. The summed E-state index contributed by atoms with van der Waals surface area (Å²) < 4.78 is 35.1. The van der Waals surface area contributed by atoms with E-state index >= 15 is 0 Å². The second kappa shape index (κ2) is 11.3. The van der Waals surface area contributed by atoms with Crippen LogP contribution in [0.3, 0.4) is 0 Å². The summed E-state index contributed by atoms with van der Waals surface area (Å²) in [6.07, 6.45) is 6.13. The molecule has 0 saturated carbocycles. The molecule has 0 unspecified atom stereocenters. The third-order valence-electron chi connectivity index (χ3n) is 6.62. The van der Waals surface area contributed by atoms with Gasteiger partial charge in [0.2, 0.25) is 15.9 Å². The van der Waals surface area contributed by atoms with Crippen LogP contribution in [0.4, 0.5) is 0 Å². The van der Waals surface area contributed by atoms with Crippen LogP contribution in [0, 0.1) is 0 Å². The molecule has 1 fully saturated rings. The van der Waals surface area contributed by atoms with Gasteiger partial charge in [-0.2, -0.15) is 4.31 Å². The van der Waals surface area contributed by atoms with E-state index in [4.69, 9.17) is 4.74 Å². The number of hydrogen-bond donors (Lipinski definition) is 1. The van der Waals surface area contributed by atoms with E-state index in [0.29, 0.717) is 37.6 Å². The summed E-state index contributed by atoms with van der Waals surface area (Å²) >= 11 is 0. The average Bonchev–Trinajstić information content (AvgIpc) is 3.29. The van der Waals surface area contributed by atoms with Crippen LogP contribution in [0.2, 0.25) is 0 Å². The van der Waals surface area contributed by atoms with Gasteiger partial charge in [-0.05, 0) is 74.6 Å². The van der Waals surface area contributed by atoms with E-state index in [2.05, 4.69) is 5.32 Å². The number of hydrogen-bond acceptors (Lipinski definition) is 4. The van der Waals surface area contributed by atoms with Gasteiger partial charge < -0.3 is 14.6 Å². The Labute approximate surface area is 208 Å². The molecular formula is C27H35N3O4S. The van der Waals surface area contributed by atoms with Crippen molar-refractivity contribution in [2.75, 3.05) is 26.2 Å². The Morgan fingerprint density at radius 2 is 1.77 bits per heavy atom. The van der Waals surface area contributed by atoms with E-state index in [-0.39, 0.29) is 11.9 Å². The Morgan fingerprint density at radius 3 is 2.46 bits per heavy atom. The molecule has 0 spiro atoms. The van der Waals surface area contributed by atoms with Gasteiger partial charge in [-0.3, -0.25) is 4.79 Å². The molecule has 1 atom stereocenters. The third kappa shape index (κ3) is 5.70. The predicted molar refractivity (Wildman–Crippen MR) is 138 cm³/mol. The molecule has 0 bridgehead atoms. The Morgan fingerprint density at radius 1 is 1.03 bits per heavy atom. The van der Waals surface area contributed by atoms with E-state index in [1.807, 2.05) is 61.0 Å². The fraction of sp³-hybridized carbons (Fsp3) is 0.444. The van der Waals surface area contributed by atoms with E-state index in [1.54, 1.807) is 16.4 Å². The zero-order valence-corrected chi connectivity index (χ0v) is 21.4. The number of carbonyl (C=O) groups is 1. The maximum atomic E-state index is 13.1. The van der Waals surface area contributed by atoms with Crippen LogP contribution in [-0.4, -0.2) is 49.4 Å². The molecule has 1 aliphatic rings. The van der Waals surface area contributed by atoms with Crippen molar-refractivity contribution in [1.82, 2.24) is 14.2 Å². The number of carbonyl (C=O) groups excluding carboxylic acids is 1. The van der Waals surface area contributed by atoms with E-state index in [0.717, 1.165) is 47.9 Å². The number of amides is 1. The summed E-state index contributed by atoms with van der Waals surface area (Å²) in [6.45, 7) is 6.28. The molecule has 2 aromatic carbocycles. The van der Waals surface area contributed by atoms with Crippen LogP contribution >= 0.6 is 0 Å². The number of ether oxygens (including phenoxy) is 1. The van der Waals surface area contributed by atoms with Crippen LogP contribution < -0.4 is 10.1 Å². The SMILES string of the molecule is CCOc1ccc(CCNC(=O)[C@@H](CC)n2ccc3cc(S(=O)(=O)N4CCCCC4)ccc32)cc1. The standard InChI is InChI=1S/C27H35N3O4S/c1-3-25(27(31)28-16-14-21-8-10-23(11-9-21)34-4-2)30-19-15-22-20-24(12-13-26(22)30)35(32,33)29-17-6-5-7-18-29/h8-13,15,19-20,25H,3-7,14,16-18H2,1-2H3,(H,28,31)/t25-/m1/s1. The topological polar surface area (TPSA) is 80.6 Å². The maximum Gasteiger partial charge on any atom is 0.243 e. The zero-order valence-electron chi connectivity index (χ0n) is 20.6. The minimum absolute atomic E-state index is 0.0408. The quantitative estimate of drug-likeness (QED) is 0.446. The lowest BCUT2D eigenvalue weighted by molar-refractivity contribution is -0.124. The normalized spacial score (nSPS) is 15.7. The number of sulfonamides is 1. The zero-order chi connectivity index (χ0) is 24.8. The number of nitrogens with zero attached hydrogens (tertiary/aromatic N) is 2. The van der Waals surface area contributed by atoms with Gasteiger partial charge in [-0.1, -0.05) is 25.5 Å². The lowest BCUT2D eigenvalue weighted by Gasteiger charge is -2.26. The van der Waals surface area contributed by atoms with Gasteiger partial charge in [-0.25, -0.2) is 8.42 Å². The highest BCUT2D eigenvalue weighted by Gasteiger charge is 2.27. The summed E-state index contributed by atoms with van der Waals surface area (Å²) in [5.74, 6) is 0.804. The molecule has 3 aromatic rings. The second-order valence-corrected chi connectivity index (χ2v) is 10.9. The lowest BCUT2D eigenvalue weighted by atomic mass is 10.1. The van der Waals surface area contributed by atoms with Gasteiger partial charge in [0.15, 0.2) is 0 Å². The van der Waals surface area contributed by atoms with Crippen LogP contribution in [0.1, 0.15) is 51.1 Å². The first-order chi connectivity index (χ1) is 16.9. The third-order valence-corrected chi connectivity index (χ3v) is 8.51. The fourth-order valence-corrected chi connectivity index (χ4v) is 6.26. The van der Waals surface area contributed by atoms with Crippen molar-refractivity contribution in [1.29, 1.82) is 0 Å². The number of fused-ring (bicyclic) bond motifs is 1. The summed E-state index contributed by atoms with van der Waals surface area (Å²) in [5.41, 5.74) is 1.99. The molecule has 8 heteroatoms. The van der Waals surface area contributed by atoms with E-state index < -0.39 is 10.0 Å². The highest BCUT2D eigenvalue weighted by Crippen LogP contribution is 2.27. The monoisotopic (exact) mass is 497 g/mol. The van der Waals surface area contributed by atoms with Crippen LogP contribution in [0.5, 0.6) is 5.75 Å². The van der Waals surface area contributed by atoms with Crippen LogP contribution in [0.25, 0.3) is 10.9 Å². The van der Waals surface area contributed by atoms with Gasteiger partial charge in [0, 0.05) is 36.7 Å². The lowest BCUT2D eigenvalue weighted by Crippen LogP contribution is -2.35. The van der Waals surface area contributed by atoms with Gasteiger partial charge in [0.05, 0.1) is 11.5 Å². The van der Waals surface area contributed by atoms with Crippen molar-refractivity contribution in [2.45, 2.75) is 56.9 Å². The Kier molecular flexibility index (Phi) is 8.13. The van der Waals surface area contributed by atoms with Crippen molar-refractivity contribution in [3.05, 3.63) is 60.3 Å². The first-order valence-corrected chi connectivity index (χ1v) is 14.0. The molecule has 2 heterocycles. The highest BCUT2D eigenvalue weighted by molar-refractivity contribution is 7.89. The molecule has 0 radical (unpaired) electrons. The molecule has 7 nitrogen and oxygen atoms in total. The van der Waals surface area contributed by atoms with Crippen molar-refractivity contribution < 1.29 is 17.9 Å². The Balaban J connectivity index is 1.43. The Hall–Kier alpha value is -2.84. The minimum atomic E-state index is -3.49. The largest absolute Gasteiger partial charge is 0.494 e. The Bertz CT molecular complexity index is 1250. The van der Waals surface area contributed by atoms with Crippen LogP contribution in [0.15, 0.2) is 59.6 Å². The highest BCUT2D eigenvalue weighted by atomic mass is 32.2. The first-order valence-electron chi connectivity index (χ1n) is 12.5. The molecule has 1 N–H and O–H groups in total. The van der Waals surface area contributed by atoms with Crippen molar-refractivity contribution in [3.63, 3.8) is 0 Å². The summed E-state index contributed by atoms with van der Waals surface area (Å²) in [7, 11) is -3.49. The van der Waals surface area contributed by atoms with Crippen molar-refractivity contribution in [3.8, 4) is 5.75 Å². The number of benzene rings is 2. The van der Waals surface area contributed by atoms with Gasteiger partial charge in [0.25, 0.3) is 0 Å². The molecule has 35 heavy (non-hydrogen) atoms. The second-order valence-electron chi connectivity index (χ2n) is 8.95. The number of piperidine rings is 1. The molecule has 1 aromatic heterocycles. The summed E-state index contributed by atoms with van der Waals surface area (Å²) in [6, 6.07) is 14.7. The van der Waals surface area contributed by atoms with E-state index in [1.165, 1.54) is 0 Å². The molecular weight excluding hydrogens is 462 g/mol. The minimum Gasteiger partial charge on any atom is -0.494 e. The molecule has 0 aliphatic carbocycles. The molecule has 1 aliphatic heterocycles. The average molecular weight is 498 g/mol. The fourth-order valence-electron chi connectivity index (χ4n) is 4.70. The molecule has 4 rings (SSSR count). The van der Waals surface area contributed by atoms with E-state index in [9.17, 15) is 13.2 Å². The molecule has 188 valence electrons. The van der Waals surface area contributed by atoms with Crippen LogP contribution in [-0.2, 0) is 21.2 Å².